The molecule has 0 aliphatic carbocycles. The molecular weight excluding hydrogens is 672 g/mol. The Hall–Kier alpha value is -5.00. The quantitative estimate of drug-likeness (QED) is 0.148. The van der Waals surface area contributed by atoms with Crippen molar-refractivity contribution in [3.8, 4) is 28.1 Å². The maximum absolute atomic E-state index is 13.7. The lowest BCUT2D eigenvalue weighted by atomic mass is 9.92. The van der Waals surface area contributed by atoms with Gasteiger partial charge in [0.05, 0.1) is 54.1 Å². The van der Waals surface area contributed by atoms with Crippen molar-refractivity contribution in [3.05, 3.63) is 89.8 Å². The number of anilines is 1. The molecule has 2 aromatic carbocycles. The summed E-state index contributed by atoms with van der Waals surface area (Å²) in [4.78, 5) is 33.6. The highest BCUT2D eigenvalue weighted by atomic mass is 16.6. The first-order valence-electron chi connectivity index (χ1n) is 18.3. The van der Waals surface area contributed by atoms with Crippen molar-refractivity contribution in [2.45, 2.75) is 84.5 Å². The van der Waals surface area contributed by atoms with Gasteiger partial charge in [-0.15, -0.1) is 0 Å². The maximum Gasteiger partial charge on any atom is 0.340 e. The molecule has 53 heavy (non-hydrogen) atoms. The number of benzene rings is 2. The lowest BCUT2D eigenvalue weighted by Crippen LogP contribution is -2.45. The Labute approximate surface area is 311 Å². The summed E-state index contributed by atoms with van der Waals surface area (Å²) >= 11 is 0. The summed E-state index contributed by atoms with van der Waals surface area (Å²) in [6.45, 7) is 17.8. The van der Waals surface area contributed by atoms with Gasteiger partial charge in [0.2, 0.25) is 0 Å². The lowest BCUT2D eigenvalue weighted by molar-refractivity contribution is -0.166. The van der Waals surface area contributed by atoms with Crippen molar-refractivity contribution in [2.24, 2.45) is 0 Å². The minimum absolute atomic E-state index is 0.215. The van der Waals surface area contributed by atoms with Crippen LogP contribution in [0.15, 0.2) is 73.0 Å². The smallest absolute Gasteiger partial charge is 0.340 e. The fourth-order valence-corrected chi connectivity index (χ4v) is 6.82. The van der Waals surface area contributed by atoms with E-state index < -0.39 is 23.6 Å². The zero-order valence-corrected chi connectivity index (χ0v) is 31.9. The van der Waals surface area contributed by atoms with E-state index in [-0.39, 0.29) is 12.2 Å². The van der Waals surface area contributed by atoms with E-state index in [1.165, 1.54) is 7.11 Å². The van der Waals surface area contributed by atoms with Gasteiger partial charge >= 0.3 is 11.9 Å². The number of esters is 2. The van der Waals surface area contributed by atoms with E-state index in [9.17, 15) is 9.59 Å². The molecule has 0 saturated carbocycles. The van der Waals surface area contributed by atoms with Gasteiger partial charge in [0.1, 0.15) is 11.6 Å². The summed E-state index contributed by atoms with van der Waals surface area (Å²) in [5.74, 6) is 0.989. The van der Waals surface area contributed by atoms with E-state index in [0.717, 1.165) is 36.2 Å². The summed E-state index contributed by atoms with van der Waals surface area (Å²) in [5.41, 5.74) is 4.35. The lowest BCUT2D eigenvalue weighted by Gasteiger charge is -2.41. The second-order valence-electron chi connectivity index (χ2n) is 14.8. The summed E-state index contributed by atoms with van der Waals surface area (Å²) in [6.07, 6.45) is 5.98. The first-order valence-corrected chi connectivity index (χ1v) is 18.3. The topological polar surface area (TPSA) is 114 Å². The van der Waals surface area contributed by atoms with E-state index in [1.54, 1.807) is 25.1 Å². The van der Waals surface area contributed by atoms with Gasteiger partial charge in [-0.3, -0.25) is 0 Å². The van der Waals surface area contributed by atoms with Crippen LogP contribution in [0.25, 0.3) is 28.0 Å². The average molecular weight is 723 g/mol. The zero-order valence-electron chi connectivity index (χ0n) is 31.9. The van der Waals surface area contributed by atoms with Crippen molar-refractivity contribution < 1.29 is 33.3 Å². The highest BCUT2D eigenvalue weighted by molar-refractivity contribution is 5.92. The SMILES string of the molecule is C=C1CC/C=C\COC2(C)CCN(CC2)c2c([C@H](OC(C)(C)C)C(=O)OCC)c(C)nc3cc(nn23)-c2cccc(c2)-c2cc(C(=O)OC)ccc2O1. The van der Waals surface area contributed by atoms with Crippen molar-refractivity contribution in [1.29, 1.82) is 0 Å². The van der Waals surface area contributed by atoms with Crippen LogP contribution in [0.4, 0.5) is 5.82 Å². The third-order valence-electron chi connectivity index (χ3n) is 9.57. The van der Waals surface area contributed by atoms with Crippen LogP contribution in [-0.4, -0.2) is 71.2 Å². The molecule has 280 valence electrons. The minimum atomic E-state index is -1.03. The number of rotatable bonds is 5. The van der Waals surface area contributed by atoms with Gasteiger partial charge < -0.3 is 28.6 Å². The molecule has 0 unspecified atom stereocenters. The highest BCUT2D eigenvalue weighted by Gasteiger charge is 2.38. The second kappa shape index (κ2) is 15.5. The Balaban J connectivity index is 1.55. The molecule has 6 bridgehead atoms. The predicted molar refractivity (Wildman–Crippen MR) is 204 cm³/mol. The molecule has 0 amide bonds. The normalized spacial score (nSPS) is 17.4. The number of carbonyl (C=O) groups excluding carboxylic acids is 2. The van der Waals surface area contributed by atoms with Crippen molar-refractivity contribution in [3.63, 3.8) is 0 Å². The molecular formula is C42H50N4O7. The Morgan fingerprint density at radius 2 is 1.81 bits per heavy atom. The number of allylic oxidation sites excluding steroid dienone is 2. The van der Waals surface area contributed by atoms with E-state index in [4.69, 9.17) is 33.8 Å². The monoisotopic (exact) mass is 722 g/mol. The molecule has 1 fully saturated rings. The second-order valence-corrected chi connectivity index (χ2v) is 14.8. The number of piperidine rings is 1. The number of ether oxygens (including phenoxy) is 5. The number of hydrogen-bond donors (Lipinski definition) is 0. The van der Waals surface area contributed by atoms with Crippen molar-refractivity contribution in [2.75, 3.05) is 38.3 Å². The molecule has 0 radical (unpaired) electrons. The van der Waals surface area contributed by atoms with E-state index >= 15 is 0 Å². The Kier molecular flexibility index (Phi) is 11.1. The molecule has 11 heteroatoms. The third-order valence-corrected chi connectivity index (χ3v) is 9.57. The van der Waals surface area contributed by atoms with Crippen LogP contribution >= 0.6 is 0 Å². The number of methoxy groups -OCH3 is 1. The molecule has 2 aromatic heterocycles. The van der Waals surface area contributed by atoms with Crippen LogP contribution in [0.5, 0.6) is 5.75 Å². The minimum Gasteiger partial charge on any atom is -0.465 e. The van der Waals surface area contributed by atoms with Crippen LogP contribution in [0, 0.1) is 6.92 Å². The van der Waals surface area contributed by atoms with Gasteiger partial charge in [0.15, 0.2) is 11.8 Å². The Morgan fingerprint density at radius 1 is 1.06 bits per heavy atom. The van der Waals surface area contributed by atoms with Crippen LogP contribution in [0.2, 0.25) is 0 Å². The van der Waals surface area contributed by atoms with Crippen LogP contribution in [0.1, 0.15) is 88.0 Å². The first-order chi connectivity index (χ1) is 25.3. The van der Waals surface area contributed by atoms with Crippen LogP contribution < -0.4 is 9.64 Å². The molecule has 0 spiro atoms. The number of aromatic nitrogens is 3. The molecule has 1 saturated heterocycles. The van der Waals surface area contributed by atoms with Gasteiger partial charge in [-0.2, -0.15) is 9.61 Å². The average Bonchev–Trinajstić information content (AvgIpc) is 3.55. The van der Waals surface area contributed by atoms with Crippen LogP contribution in [0.3, 0.4) is 0 Å². The largest absolute Gasteiger partial charge is 0.465 e. The van der Waals surface area contributed by atoms with Crippen molar-refractivity contribution in [1.82, 2.24) is 14.6 Å². The molecule has 3 aliphatic rings. The molecule has 1 atom stereocenters. The standard InChI is InChI=1S/C42H50N4O7/c1-9-50-40(48)37(53-41(4,5)6)36-28(3)43-35-26-33-30-16-13-15-29(24-30)32-25-31(39(47)49-8)17-18-34(32)52-27(2)14-11-10-12-23-51-42(7)19-21-45(22-20-42)38(36)46(35)44-33/h10,12-13,15-18,24-26,37H,2,9,11,14,19-23H2,1,3-8H3/b12-10-/t37-/m0/s1. The maximum atomic E-state index is 13.7. The fraction of sp³-hybridized carbons (Fsp3) is 0.429. The molecule has 3 aliphatic heterocycles. The van der Waals surface area contributed by atoms with Gasteiger partial charge in [-0.1, -0.05) is 36.9 Å². The number of fused-ring (bicyclic) bond motifs is 8. The summed E-state index contributed by atoms with van der Waals surface area (Å²) in [7, 11) is 1.36. The molecule has 4 aromatic rings. The Morgan fingerprint density at radius 3 is 2.53 bits per heavy atom. The number of nitrogens with zero attached hydrogens (tertiary/aromatic N) is 4. The van der Waals surface area contributed by atoms with Crippen molar-refractivity contribution >= 4 is 23.4 Å². The van der Waals surface area contributed by atoms with Crippen LogP contribution in [-0.2, 0) is 23.7 Å². The van der Waals surface area contributed by atoms with Gasteiger partial charge in [-0.25, -0.2) is 14.6 Å². The molecule has 0 N–H and O–H groups in total. The first kappa shape index (κ1) is 37.7. The van der Waals surface area contributed by atoms with E-state index in [0.29, 0.717) is 71.4 Å². The number of aryl methyl sites for hydroxylation is 1. The third kappa shape index (κ3) is 8.47. The zero-order chi connectivity index (χ0) is 37.9. The molecule has 5 heterocycles. The Bertz CT molecular complexity index is 2030. The molecule has 11 nitrogen and oxygen atoms in total. The summed E-state index contributed by atoms with van der Waals surface area (Å²) in [5, 5.41) is 5.16. The highest BCUT2D eigenvalue weighted by Crippen LogP contribution is 2.40. The summed E-state index contributed by atoms with van der Waals surface area (Å²) in [6, 6.07) is 15.1. The summed E-state index contributed by atoms with van der Waals surface area (Å²) < 4.78 is 31.7. The van der Waals surface area contributed by atoms with E-state index in [1.807, 2.05) is 68.6 Å². The van der Waals surface area contributed by atoms with Gasteiger partial charge in [-0.05, 0) is 90.6 Å². The van der Waals surface area contributed by atoms with Gasteiger partial charge in [0, 0.05) is 42.4 Å². The van der Waals surface area contributed by atoms with E-state index in [2.05, 4.69) is 24.5 Å². The predicted octanol–water partition coefficient (Wildman–Crippen LogP) is 8.20. The number of carbonyl (C=O) groups is 2. The fourth-order valence-electron chi connectivity index (χ4n) is 6.82. The number of hydrogen-bond acceptors (Lipinski definition) is 10. The molecule has 7 rings (SSSR count). The van der Waals surface area contributed by atoms with Gasteiger partial charge in [0.25, 0.3) is 0 Å².